The van der Waals surface area contributed by atoms with Gasteiger partial charge < -0.3 is 19.7 Å². The van der Waals surface area contributed by atoms with Gasteiger partial charge in [-0.2, -0.15) is 0 Å². The van der Waals surface area contributed by atoms with Crippen molar-refractivity contribution in [2.75, 3.05) is 31.6 Å². The molecular formula is C26H34ClFN4O3. The van der Waals surface area contributed by atoms with E-state index in [0.717, 1.165) is 32.5 Å². The smallest absolute Gasteiger partial charge is 0.341 e. The Morgan fingerprint density at radius 3 is 2.49 bits per heavy atom. The Morgan fingerprint density at radius 1 is 1.11 bits per heavy atom. The minimum Gasteiger partial charge on any atom is -0.462 e. The van der Waals surface area contributed by atoms with Gasteiger partial charge in [-0.3, -0.25) is 4.98 Å². The average Bonchev–Trinajstić information content (AvgIpc) is 2.83. The zero-order valence-corrected chi connectivity index (χ0v) is 21.5. The van der Waals surface area contributed by atoms with Crippen molar-refractivity contribution in [3.05, 3.63) is 54.0 Å². The second kappa shape index (κ2) is 13.8. The number of nitrogens with zero attached hydrogens (tertiary/aromatic N) is 3. The van der Waals surface area contributed by atoms with E-state index < -0.39 is 5.97 Å². The minimum absolute atomic E-state index is 0. The number of carbonyl (C=O) groups excluding carboxylic acids is 1. The van der Waals surface area contributed by atoms with Crippen LogP contribution < -0.4 is 10.1 Å². The fraction of sp³-hybridized carbons (Fsp3) is 0.423. The van der Waals surface area contributed by atoms with E-state index in [2.05, 4.69) is 41.0 Å². The summed E-state index contributed by atoms with van der Waals surface area (Å²) in [7, 11) is 0. The second-order valence-electron chi connectivity index (χ2n) is 8.06. The van der Waals surface area contributed by atoms with Gasteiger partial charge in [-0.1, -0.05) is 13.8 Å². The molecule has 7 nitrogen and oxygen atoms in total. The molecular weight excluding hydrogens is 471 g/mol. The molecule has 2 aromatic heterocycles. The molecule has 0 radical (unpaired) electrons. The van der Waals surface area contributed by atoms with Crippen LogP contribution >= 0.6 is 12.4 Å². The van der Waals surface area contributed by atoms with E-state index in [-0.39, 0.29) is 30.9 Å². The molecule has 1 aromatic carbocycles. The lowest BCUT2D eigenvalue weighted by Gasteiger charge is -2.21. The van der Waals surface area contributed by atoms with Crippen LogP contribution in [-0.4, -0.2) is 53.1 Å². The number of nitrogens with one attached hydrogen (secondary N) is 1. The Morgan fingerprint density at radius 2 is 1.83 bits per heavy atom. The van der Waals surface area contributed by atoms with E-state index in [9.17, 15) is 9.18 Å². The normalized spacial score (nSPS) is 11.7. The zero-order chi connectivity index (χ0) is 24.5. The lowest BCUT2D eigenvalue weighted by molar-refractivity contribution is 0.0527. The molecule has 0 aliphatic carbocycles. The van der Waals surface area contributed by atoms with Crippen LogP contribution in [0.15, 0.2) is 42.6 Å². The summed E-state index contributed by atoms with van der Waals surface area (Å²) < 4.78 is 24.3. The molecule has 1 atom stereocenters. The number of carbonyl (C=O) groups is 1. The molecule has 2 heterocycles. The maximum atomic E-state index is 13.2. The van der Waals surface area contributed by atoms with Gasteiger partial charge in [-0.25, -0.2) is 14.2 Å². The SMILES string of the molecule is CCOC(=O)c1cnc2ccc(Oc3ccc(F)cc3)nc2c1NC(C)CCCN(CC)CC.Cl. The fourth-order valence-electron chi connectivity index (χ4n) is 3.72. The molecule has 190 valence electrons. The van der Waals surface area contributed by atoms with Crippen LogP contribution in [0.25, 0.3) is 11.0 Å². The van der Waals surface area contributed by atoms with E-state index in [0.29, 0.717) is 33.9 Å². The predicted molar refractivity (Wildman–Crippen MR) is 139 cm³/mol. The predicted octanol–water partition coefficient (Wildman–Crippen LogP) is 6.08. The second-order valence-corrected chi connectivity index (χ2v) is 8.06. The van der Waals surface area contributed by atoms with Crippen LogP contribution in [0.3, 0.4) is 0 Å². The van der Waals surface area contributed by atoms with Gasteiger partial charge in [0.15, 0.2) is 0 Å². The monoisotopic (exact) mass is 504 g/mol. The van der Waals surface area contributed by atoms with E-state index in [1.54, 1.807) is 19.1 Å². The summed E-state index contributed by atoms with van der Waals surface area (Å²) in [6, 6.07) is 9.29. The average molecular weight is 505 g/mol. The third-order valence-corrected chi connectivity index (χ3v) is 5.62. The molecule has 9 heteroatoms. The molecule has 3 aromatic rings. The first-order valence-electron chi connectivity index (χ1n) is 11.8. The van der Waals surface area contributed by atoms with Crippen molar-refractivity contribution >= 4 is 35.1 Å². The Kier molecular flexibility index (Phi) is 11.1. The number of hydrogen-bond acceptors (Lipinski definition) is 7. The van der Waals surface area contributed by atoms with Gasteiger partial charge in [-0.05, 0) is 76.7 Å². The summed E-state index contributed by atoms with van der Waals surface area (Å²) in [5, 5.41) is 3.47. The molecule has 3 rings (SSSR count). The number of halogens is 2. The molecule has 0 saturated carbocycles. The number of pyridine rings is 2. The molecule has 0 aliphatic rings. The number of esters is 1. The third kappa shape index (κ3) is 7.77. The lowest BCUT2D eigenvalue weighted by Crippen LogP contribution is -2.26. The molecule has 1 unspecified atom stereocenters. The van der Waals surface area contributed by atoms with Gasteiger partial charge in [0.2, 0.25) is 5.88 Å². The van der Waals surface area contributed by atoms with Crippen molar-refractivity contribution < 1.29 is 18.7 Å². The van der Waals surface area contributed by atoms with Gasteiger partial charge in [0.05, 0.1) is 17.8 Å². The summed E-state index contributed by atoms with van der Waals surface area (Å²) in [5.74, 6) is -0.0221. The highest BCUT2D eigenvalue weighted by Gasteiger charge is 2.20. The van der Waals surface area contributed by atoms with E-state index in [1.165, 1.54) is 30.5 Å². The van der Waals surface area contributed by atoms with Gasteiger partial charge >= 0.3 is 5.97 Å². The Labute approximate surface area is 212 Å². The van der Waals surface area contributed by atoms with Crippen LogP contribution in [0.1, 0.15) is 50.9 Å². The van der Waals surface area contributed by atoms with Crippen molar-refractivity contribution in [3.63, 3.8) is 0 Å². The first-order valence-corrected chi connectivity index (χ1v) is 11.8. The summed E-state index contributed by atoms with van der Waals surface area (Å²) in [4.78, 5) is 24.1. The first-order chi connectivity index (χ1) is 16.4. The van der Waals surface area contributed by atoms with Crippen molar-refractivity contribution in [2.24, 2.45) is 0 Å². The largest absolute Gasteiger partial charge is 0.462 e. The maximum Gasteiger partial charge on any atom is 0.341 e. The minimum atomic E-state index is -0.457. The molecule has 0 bridgehead atoms. The van der Waals surface area contributed by atoms with Gasteiger partial charge in [0, 0.05) is 18.3 Å². The standard InChI is InChI=1S/C26H33FN4O3.ClH/c1-5-31(6-2)16-8-9-18(4)29-24-21(26(32)33-7-3)17-28-22-14-15-23(30-25(22)24)34-20-12-10-19(27)11-13-20;/h10-15,17-18H,5-9,16H2,1-4H3,(H,28,29);1H. The van der Waals surface area contributed by atoms with Crippen molar-refractivity contribution in [1.82, 2.24) is 14.9 Å². The van der Waals surface area contributed by atoms with Crippen LogP contribution in [0.2, 0.25) is 0 Å². The van der Waals surface area contributed by atoms with Crippen LogP contribution in [0, 0.1) is 5.82 Å². The summed E-state index contributed by atoms with van der Waals surface area (Å²) in [5.41, 5.74) is 2.04. The highest BCUT2D eigenvalue weighted by atomic mass is 35.5. The summed E-state index contributed by atoms with van der Waals surface area (Å²) >= 11 is 0. The quantitative estimate of drug-likeness (QED) is 0.299. The molecule has 1 N–H and O–H groups in total. The van der Waals surface area contributed by atoms with Crippen molar-refractivity contribution in [1.29, 1.82) is 0 Å². The first kappa shape index (κ1) is 28.3. The molecule has 35 heavy (non-hydrogen) atoms. The van der Waals surface area contributed by atoms with E-state index >= 15 is 0 Å². The van der Waals surface area contributed by atoms with Crippen molar-refractivity contribution in [2.45, 2.75) is 46.6 Å². The number of benzene rings is 1. The summed E-state index contributed by atoms with van der Waals surface area (Å²) in [6.45, 7) is 11.5. The topological polar surface area (TPSA) is 76.6 Å². The van der Waals surface area contributed by atoms with Gasteiger partial charge in [0.1, 0.15) is 22.6 Å². The van der Waals surface area contributed by atoms with Crippen molar-refractivity contribution in [3.8, 4) is 11.6 Å². The zero-order valence-electron chi connectivity index (χ0n) is 20.7. The number of ether oxygens (including phenoxy) is 2. The maximum absolute atomic E-state index is 13.2. The Balaban J connectivity index is 0.00000432. The molecule has 0 amide bonds. The van der Waals surface area contributed by atoms with Gasteiger partial charge in [0.25, 0.3) is 0 Å². The van der Waals surface area contributed by atoms with Crippen LogP contribution in [0.5, 0.6) is 11.6 Å². The van der Waals surface area contributed by atoms with Crippen LogP contribution in [0.4, 0.5) is 10.1 Å². The highest BCUT2D eigenvalue weighted by Crippen LogP contribution is 2.30. The van der Waals surface area contributed by atoms with Crippen LogP contribution in [-0.2, 0) is 4.74 Å². The molecule has 0 aliphatic heterocycles. The third-order valence-electron chi connectivity index (χ3n) is 5.62. The Hall–Kier alpha value is -2.97. The fourth-order valence-corrected chi connectivity index (χ4v) is 3.72. The summed E-state index contributed by atoms with van der Waals surface area (Å²) in [6.07, 6.45) is 3.47. The number of fused-ring (bicyclic) bond motifs is 1. The molecule has 0 spiro atoms. The number of hydrogen-bond donors (Lipinski definition) is 1. The Bertz CT molecular complexity index is 1090. The number of rotatable bonds is 12. The highest BCUT2D eigenvalue weighted by molar-refractivity contribution is 6.03. The van der Waals surface area contributed by atoms with E-state index in [4.69, 9.17) is 9.47 Å². The number of aromatic nitrogens is 2. The molecule has 0 saturated heterocycles. The van der Waals surface area contributed by atoms with Gasteiger partial charge in [-0.15, -0.1) is 12.4 Å². The lowest BCUT2D eigenvalue weighted by atomic mass is 10.1. The van der Waals surface area contributed by atoms with E-state index in [1.807, 2.05) is 0 Å². The number of anilines is 1. The molecule has 0 fully saturated rings.